The normalized spacial score (nSPS) is 24.8. The van der Waals surface area contributed by atoms with Gasteiger partial charge in [0.2, 0.25) is 0 Å². The van der Waals surface area contributed by atoms with Crippen LogP contribution in [0.2, 0.25) is 0 Å². The monoisotopic (exact) mass is 270 g/mol. The Morgan fingerprint density at radius 3 is 2.21 bits per heavy atom. The van der Waals surface area contributed by atoms with E-state index in [9.17, 15) is 14.7 Å². The highest BCUT2D eigenvalue weighted by Gasteiger charge is 2.40. The lowest BCUT2D eigenvalue weighted by atomic mass is 9.87. The number of aliphatic carboxylic acids is 1. The van der Waals surface area contributed by atoms with Crippen LogP contribution in [0.15, 0.2) is 0 Å². The van der Waals surface area contributed by atoms with Crippen molar-refractivity contribution >= 4 is 12.0 Å². The van der Waals surface area contributed by atoms with Crippen molar-refractivity contribution in [2.45, 2.75) is 32.3 Å². The largest absolute Gasteiger partial charge is 0.481 e. The summed E-state index contributed by atoms with van der Waals surface area (Å²) in [5.41, 5.74) is -0.661. The molecule has 1 unspecified atom stereocenters. The van der Waals surface area contributed by atoms with Gasteiger partial charge in [-0.05, 0) is 19.8 Å². The molecule has 0 aliphatic carbocycles. The van der Waals surface area contributed by atoms with Gasteiger partial charge in [-0.1, -0.05) is 6.92 Å². The minimum atomic E-state index is -0.800. The summed E-state index contributed by atoms with van der Waals surface area (Å²) in [5, 5.41) is 18.7. The van der Waals surface area contributed by atoms with Crippen LogP contribution >= 0.6 is 0 Å². The van der Waals surface area contributed by atoms with Crippen LogP contribution in [0, 0.1) is 11.8 Å². The number of piperidine rings is 1. The van der Waals surface area contributed by atoms with Gasteiger partial charge in [0.25, 0.3) is 0 Å². The molecule has 6 heteroatoms. The van der Waals surface area contributed by atoms with E-state index in [0.717, 1.165) is 0 Å². The topological polar surface area (TPSA) is 81.1 Å². The quantitative estimate of drug-likeness (QED) is 0.770. The number of carboxylic acids is 1. The lowest BCUT2D eigenvalue weighted by Crippen LogP contribution is -2.59. The number of aliphatic hydroxyl groups is 1. The zero-order valence-electron chi connectivity index (χ0n) is 11.5. The number of hydrogen-bond donors (Lipinski definition) is 2. The third-order valence-electron chi connectivity index (χ3n) is 4.39. The Hall–Kier alpha value is -1.30. The zero-order valence-corrected chi connectivity index (χ0v) is 11.5. The van der Waals surface area contributed by atoms with Crippen molar-refractivity contribution in [2.24, 2.45) is 11.8 Å². The molecule has 0 saturated carbocycles. The Morgan fingerprint density at radius 1 is 1.21 bits per heavy atom. The number of urea groups is 1. The Labute approximate surface area is 113 Å². The van der Waals surface area contributed by atoms with Crippen LogP contribution in [0.4, 0.5) is 4.79 Å². The molecule has 2 N–H and O–H groups in total. The predicted octanol–water partition coefficient (Wildman–Crippen LogP) is 0.606. The number of amides is 2. The summed E-state index contributed by atoms with van der Waals surface area (Å²) in [7, 11) is 0. The minimum Gasteiger partial charge on any atom is -0.481 e. The van der Waals surface area contributed by atoms with E-state index in [1.807, 2.05) is 0 Å². The SMILES string of the molecule is CC(C(=O)O)C1CN(C(=O)N2CCC(C)(O)CC2)C1. The number of hydrogen-bond acceptors (Lipinski definition) is 3. The van der Waals surface area contributed by atoms with Gasteiger partial charge in [0, 0.05) is 32.1 Å². The Balaban J connectivity index is 1.79. The molecule has 2 amide bonds. The van der Waals surface area contributed by atoms with E-state index >= 15 is 0 Å². The number of rotatable bonds is 2. The van der Waals surface area contributed by atoms with Gasteiger partial charge in [0.05, 0.1) is 11.5 Å². The molecule has 1 atom stereocenters. The second-order valence-corrected chi connectivity index (χ2v) is 6.06. The Bertz CT molecular complexity index is 367. The average Bonchev–Trinajstić information content (AvgIpc) is 2.26. The number of carbonyl (C=O) groups excluding carboxylic acids is 1. The maximum Gasteiger partial charge on any atom is 0.320 e. The second-order valence-electron chi connectivity index (χ2n) is 6.06. The van der Waals surface area contributed by atoms with E-state index in [1.54, 1.807) is 23.6 Å². The van der Waals surface area contributed by atoms with Crippen LogP contribution in [0.25, 0.3) is 0 Å². The highest BCUT2D eigenvalue weighted by molar-refractivity contribution is 5.76. The fraction of sp³-hybridized carbons (Fsp3) is 0.846. The molecule has 0 radical (unpaired) electrons. The van der Waals surface area contributed by atoms with Crippen molar-refractivity contribution in [1.82, 2.24) is 9.80 Å². The second kappa shape index (κ2) is 5.00. The van der Waals surface area contributed by atoms with Crippen LogP contribution in [0.3, 0.4) is 0 Å². The molecule has 2 rings (SSSR count). The van der Waals surface area contributed by atoms with E-state index < -0.39 is 17.5 Å². The van der Waals surface area contributed by atoms with E-state index in [-0.39, 0.29) is 11.9 Å². The highest BCUT2D eigenvalue weighted by Crippen LogP contribution is 2.27. The summed E-state index contributed by atoms with van der Waals surface area (Å²) in [6.45, 7) is 5.68. The molecule has 2 fully saturated rings. The summed E-state index contributed by atoms with van der Waals surface area (Å²) < 4.78 is 0. The van der Waals surface area contributed by atoms with Gasteiger partial charge in [0.15, 0.2) is 0 Å². The van der Waals surface area contributed by atoms with E-state index in [2.05, 4.69) is 0 Å². The third kappa shape index (κ3) is 3.00. The summed E-state index contributed by atoms with van der Waals surface area (Å²) in [6, 6.07) is -0.0238. The third-order valence-corrected chi connectivity index (χ3v) is 4.39. The molecule has 2 aliphatic rings. The lowest BCUT2D eigenvalue weighted by molar-refractivity contribution is -0.145. The van der Waals surface area contributed by atoms with E-state index in [0.29, 0.717) is 39.0 Å². The molecule has 0 aromatic heterocycles. The molecule has 0 bridgehead atoms. The first-order chi connectivity index (χ1) is 8.80. The summed E-state index contributed by atoms with van der Waals surface area (Å²) >= 11 is 0. The molecular formula is C13H22N2O4. The molecule has 6 nitrogen and oxygen atoms in total. The predicted molar refractivity (Wildman–Crippen MR) is 68.7 cm³/mol. The number of carbonyl (C=O) groups is 2. The van der Waals surface area contributed by atoms with Crippen molar-refractivity contribution in [3.05, 3.63) is 0 Å². The first kappa shape index (κ1) is 14.1. The van der Waals surface area contributed by atoms with Gasteiger partial charge < -0.3 is 20.0 Å². The number of nitrogens with zero attached hydrogens (tertiary/aromatic N) is 2. The van der Waals surface area contributed by atoms with Crippen molar-refractivity contribution < 1.29 is 19.8 Å². The lowest BCUT2D eigenvalue weighted by Gasteiger charge is -2.45. The number of likely N-dealkylation sites (tertiary alicyclic amines) is 2. The standard InChI is InChI=1S/C13H22N2O4/c1-9(11(16)17)10-7-15(8-10)12(18)14-5-3-13(2,19)4-6-14/h9-10,19H,3-8H2,1-2H3,(H,16,17). The average molecular weight is 270 g/mol. The van der Waals surface area contributed by atoms with Gasteiger partial charge in [-0.3, -0.25) is 4.79 Å². The van der Waals surface area contributed by atoms with Crippen molar-refractivity contribution in [3.63, 3.8) is 0 Å². The van der Waals surface area contributed by atoms with Gasteiger partial charge in [-0.25, -0.2) is 4.79 Å². The minimum absolute atomic E-state index is 0.0238. The Kier molecular flexibility index (Phi) is 3.71. The molecule has 2 heterocycles. The summed E-state index contributed by atoms with van der Waals surface area (Å²) in [5.74, 6) is -1.13. The molecule has 108 valence electrons. The van der Waals surface area contributed by atoms with Crippen LogP contribution in [-0.2, 0) is 4.79 Å². The van der Waals surface area contributed by atoms with Gasteiger partial charge >= 0.3 is 12.0 Å². The molecule has 0 spiro atoms. The van der Waals surface area contributed by atoms with Crippen LogP contribution < -0.4 is 0 Å². The van der Waals surface area contributed by atoms with Crippen LogP contribution in [-0.4, -0.2) is 63.8 Å². The molecular weight excluding hydrogens is 248 g/mol. The molecule has 2 aliphatic heterocycles. The molecule has 2 saturated heterocycles. The summed E-state index contributed by atoms with van der Waals surface area (Å²) in [6.07, 6.45) is 1.20. The van der Waals surface area contributed by atoms with Crippen molar-refractivity contribution in [3.8, 4) is 0 Å². The molecule has 19 heavy (non-hydrogen) atoms. The van der Waals surface area contributed by atoms with Gasteiger partial charge in [-0.15, -0.1) is 0 Å². The van der Waals surface area contributed by atoms with Crippen LogP contribution in [0.5, 0.6) is 0 Å². The molecule has 0 aromatic rings. The zero-order chi connectivity index (χ0) is 14.2. The first-order valence-corrected chi connectivity index (χ1v) is 6.79. The van der Waals surface area contributed by atoms with Crippen molar-refractivity contribution in [2.75, 3.05) is 26.2 Å². The van der Waals surface area contributed by atoms with Gasteiger partial charge in [-0.2, -0.15) is 0 Å². The highest BCUT2D eigenvalue weighted by atomic mass is 16.4. The molecule has 0 aromatic carbocycles. The van der Waals surface area contributed by atoms with E-state index in [1.165, 1.54) is 0 Å². The Morgan fingerprint density at radius 2 is 1.74 bits per heavy atom. The van der Waals surface area contributed by atoms with E-state index in [4.69, 9.17) is 5.11 Å². The van der Waals surface area contributed by atoms with Gasteiger partial charge in [0.1, 0.15) is 0 Å². The maximum atomic E-state index is 12.2. The van der Waals surface area contributed by atoms with Crippen molar-refractivity contribution in [1.29, 1.82) is 0 Å². The number of carboxylic acid groups (broad SMARTS) is 1. The summed E-state index contributed by atoms with van der Waals surface area (Å²) in [4.78, 5) is 26.4. The first-order valence-electron chi connectivity index (χ1n) is 6.79. The smallest absolute Gasteiger partial charge is 0.320 e. The fourth-order valence-electron chi connectivity index (χ4n) is 2.57. The maximum absolute atomic E-state index is 12.2. The fourth-order valence-corrected chi connectivity index (χ4v) is 2.57. The van der Waals surface area contributed by atoms with Crippen LogP contribution in [0.1, 0.15) is 26.7 Å².